The van der Waals surface area contributed by atoms with E-state index in [-0.39, 0.29) is 11.6 Å². The van der Waals surface area contributed by atoms with Gasteiger partial charge >= 0.3 is 0 Å². The number of rotatable bonds is 5. The summed E-state index contributed by atoms with van der Waals surface area (Å²) < 4.78 is 0. The zero-order valence-electron chi connectivity index (χ0n) is 11.6. The van der Waals surface area contributed by atoms with Gasteiger partial charge in [0.05, 0.1) is 6.10 Å². The third-order valence-electron chi connectivity index (χ3n) is 4.45. The van der Waals surface area contributed by atoms with Crippen LogP contribution in [-0.4, -0.2) is 35.7 Å². The van der Waals surface area contributed by atoms with Crippen LogP contribution in [0.1, 0.15) is 51.9 Å². The maximum Gasteiger partial charge on any atom is 0.0724 e. The first-order valence-corrected chi connectivity index (χ1v) is 6.82. The van der Waals surface area contributed by atoms with Gasteiger partial charge in [0.1, 0.15) is 0 Å². The van der Waals surface area contributed by atoms with Crippen LogP contribution in [0.25, 0.3) is 0 Å². The lowest BCUT2D eigenvalue weighted by Crippen LogP contribution is -2.55. The molecule has 1 N–H and O–H groups in total. The van der Waals surface area contributed by atoms with Crippen molar-refractivity contribution in [3.63, 3.8) is 0 Å². The van der Waals surface area contributed by atoms with E-state index in [4.69, 9.17) is 6.42 Å². The number of unbranched alkanes of at least 4 members (excludes halogenated alkanes) is 1. The molecule has 0 aromatic heterocycles. The molecule has 1 aliphatic rings. The van der Waals surface area contributed by atoms with E-state index >= 15 is 0 Å². The number of likely N-dealkylation sites (N-methyl/N-ethyl adjacent to an activating group) is 1. The van der Waals surface area contributed by atoms with Crippen molar-refractivity contribution >= 4 is 0 Å². The van der Waals surface area contributed by atoms with Crippen molar-refractivity contribution in [2.45, 2.75) is 63.5 Å². The SMILES string of the molecule is C#CCCCC(O)C1(N(C)C)CCC(C)CC1. The van der Waals surface area contributed by atoms with E-state index in [1.54, 1.807) is 0 Å². The summed E-state index contributed by atoms with van der Waals surface area (Å²) in [6, 6.07) is 0. The molecule has 0 aromatic carbocycles. The number of terminal acetylenes is 1. The van der Waals surface area contributed by atoms with Gasteiger partial charge in [-0.3, -0.25) is 0 Å². The van der Waals surface area contributed by atoms with Gasteiger partial charge in [-0.25, -0.2) is 0 Å². The van der Waals surface area contributed by atoms with Crippen molar-refractivity contribution in [2.24, 2.45) is 5.92 Å². The molecule has 2 nitrogen and oxygen atoms in total. The molecular formula is C15H27NO. The summed E-state index contributed by atoms with van der Waals surface area (Å²) in [5.41, 5.74) is -0.0128. The molecule has 0 amide bonds. The van der Waals surface area contributed by atoms with E-state index in [2.05, 4.69) is 31.8 Å². The second-order valence-corrected chi connectivity index (χ2v) is 5.79. The fourth-order valence-corrected chi connectivity index (χ4v) is 3.01. The Balaban J connectivity index is 2.61. The zero-order chi connectivity index (χ0) is 12.9. The lowest BCUT2D eigenvalue weighted by molar-refractivity contribution is -0.0430. The normalized spacial score (nSPS) is 31.2. The maximum atomic E-state index is 10.5. The molecule has 0 radical (unpaired) electrons. The summed E-state index contributed by atoms with van der Waals surface area (Å²) in [6.07, 6.45) is 12.2. The van der Waals surface area contributed by atoms with Crippen LogP contribution in [0, 0.1) is 18.3 Å². The minimum absolute atomic E-state index is 0.0128. The fraction of sp³-hybridized carbons (Fsp3) is 0.867. The number of hydrogen-bond acceptors (Lipinski definition) is 2. The Kier molecular flexibility index (Phi) is 5.49. The molecular weight excluding hydrogens is 210 g/mol. The van der Waals surface area contributed by atoms with Gasteiger partial charge in [-0.05, 0) is 58.5 Å². The Morgan fingerprint density at radius 3 is 2.47 bits per heavy atom. The molecule has 98 valence electrons. The highest BCUT2D eigenvalue weighted by Crippen LogP contribution is 2.38. The van der Waals surface area contributed by atoms with Gasteiger partial charge in [0.25, 0.3) is 0 Å². The van der Waals surface area contributed by atoms with Gasteiger partial charge < -0.3 is 10.0 Å². The summed E-state index contributed by atoms with van der Waals surface area (Å²) in [7, 11) is 4.20. The standard InChI is InChI=1S/C15H27NO/c1-5-6-7-8-14(17)15(16(3)4)11-9-13(2)10-12-15/h1,13-14,17H,6-12H2,2-4H3. The average Bonchev–Trinajstić information content (AvgIpc) is 2.30. The Hall–Kier alpha value is -0.520. The third kappa shape index (κ3) is 3.47. The second kappa shape index (κ2) is 6.42. The van der Waals surface area contributed by atoms with E-state index in [0.29, 0.717) is 0 Å². The molecule has 1 saturated carbocycles. The topological polar surface area (TPSA) is 23.5 Å². The number of aliphatic hydroxyl groups excluding tert-OH is 1. The van der Waals surface area contributed by atoms with E-state index in [0.717, 1.165) is 38.0 Å². The van der Waals surface area contributed by atoms with Crippen molar-refractivity contribution in [1.82, 2.24) is 4.90 Å². The molecule has 0 aliphatic heterocycles. The zero-order valence-corrected chi connectivity index (χ0v) is 11.6. The summed E-state index contributed by atoms with van der Waals surface area (Å²) in [4.78, 5) is 2.24. The Bertz CT molecular complexity index is 259. The van der Waals surface area contributed by atoms with Gasteiger partial charge in [-0.15, -0.1) is 12.3 Å². The van der Waals surface area contributed by atoms with Gasteiger partial charge in [0.15, 0.2) is 0 Å². The molecule has 0 bridgehead atoms. The molecule has 1 fully saturated rings. The number of aliphatic hydroxyl groups is 1. The molecule has 0 aromatic rings. The minimum Gasteiger partial charge on any atom is -0.391 e. The Labute approximate surface area is 106 Å². The van der Waals surface area contributed by atoms with E-state index in [9.17, 15) is 5.11 Å². The van der Waals surface area contributed by atoms with Gasteiger partial charge in [0.2, 0.25) is 0 Å². The van der Waals surface area contributed by atoms with Crippen molar-refractivity contribution < 1.29 is 5.11 Å². The first-order valence-electron chi connectivity index (χ1n) is 6.82. The Morgan fingerprint density at radius 1 is 1.41 bits per heavy atom. The highest BCUT2D eigenvalue weighted by molar-refractivity contribution is 4.98. The van der Waals surface area contributed by atoms with Crippen LogP contribution in [-0.2, 0) is 0 Å². The first-order chi connectivity index (χ1) is 8.03. The molecule has 0 heterocycles. The quantitative estimate of drug-likeness (QED) is 0.587. The summed E-state index contributed by atoms with van der Waals surface area (Å²) in [5, 5.41) is 10.5. The van der Waals surface area contributed by atoms with Crippen LogP contribution in [0.2, 0.25) is 0 Å². The molecule has 1 rings (SSSR count). The lowest BCUT2D eigenvalue weighted by atomic mass is 9.72. The summed E-state index contributed by atoms with van der Waals surface area (Å²) in [6.45, 7) is 2.31. The molecule has 17 heavy (non-hydrogen) atoms. The predicted octanol–water partition coefficient (Wildman–Crippen LogP) is 2.66. The molecule has 1 atom stereocenters. The molecule has 0 saturated heterocycles. The molecule has 0 spiro atoms. The lowest BCUT2D eigenvalue weighted by Gasteiger charge is -2.47. The fourth-order valence-electron chi connectivity index (χ4n) is 3.01. The number of hydrogen-bond donors (Lipinski definition) is 1. The molecule has 1 aliphatic carbocycles. The first kappa shape index (κ1) is 14.5. The van der Waals surface area contributed by atoms with Gasteiger partial charge in [0, 0.05) is 12.0 Å². The predicted molar refractivity (Wildman–Crippen MR) is 72.7 cm³/mol. The smallest absolute Gasteiger partial charge is 0.0724 e. The monoisotopic (exact) mass is 237 g/mol. The van der Waals surface area contributed by atoms with Crippen LogP contribution < -0.4 is 0 Å². The Morgan fingerprint density at radius 2 is 2.00 bits per heavy atom. The van der Waals surface area contributed by atoms with E-state index < -0.39 is 0 Å². The summed E-state index contributed by atoms with van der Waals surface area (Å²) in [5.74, 6) is 3.46. The van der Waals surface area contributed by atoms with Crippen molar-refractivity contribution in [1.29, 1.82) is 0 Å². The largest absolute Gasteiger partial charge is 0.391 e. The van der Waals surface area contributed by atoms with Crippen molar-refractivity contribution in [3.8, 4) is 12.3 Å². The van der Waals surface area contributed by atoms with Crippen LogP contribution in [0.15, 0.2) is 0 Å². The van der Waals surface area contributed by atoms with E-state index in [1.165, 1.54) is 12.8 Å². The number of nitrogens with zero attached hydrogens (tertiary/aromatic N) is 1. The van der Waals surface area contributed by atoms with Crippen LogP contribution in [0.3, 0.4) is 0 Å². The van der Waals surface area contributed by atoms with Crippen molar-refractivity contribution in [2.75, 3.05) is 14.1 Å². The third-order valence-corrected chi connectivity index (χ3v) is 4.45. The molecule has 1 unspecified atom stereocenters. The van der Waals surface area contributed by atoms with Crippen LogP contribution in [0.4, 0.5) is 0 Å². The highest BCUT2D eigenvalue weighted by Gasteiger charge is 2.41. The van der Waals surface area contributed by atoms with Crippen molar-refractivity contribution in [3.05, 3.63) is 0 Å². The maximum absolute atomic E-state index is 10.5. The second-order valence-electron chi connectivity index (χ2n) is 5.79. The van der Waals surface area contributed by atoms with Gasteiger partial charge in [-0.2, -0.15) is 0 Å². The van der Waals surface area contributed by atoms with E-state index in [1.807, 2.05) is 0 Å². The highest BCUT2D eigenvalue weighted by atomic mass is 16.3. The minimum atomic E-state index is -0.238. The van der Waals surface area contributed by atoms with Crippen LogP contribution in [0.5, 0.6) is 0 Å². The summed E-state index contributed by atoms with van der Waals surface area (Å²) >= 11 is 0. The van der Waals surface area contributed by atoms with Gasteiger partial charge in [-0.1, -0.05) is 6.92 Å². The average molecular weight is 237 g/mol. The molecule has 2 heteroatoms. The van der Waals surface area contributed by atoms with Crippen LogP contribution >= 0.6 is 0 Å².